The van der Waals surface area contributed by atoms with Crippen molar-refractivity contribution in [1.29, 1.82) is 0 Å². The van der Waals surface area contributed by atoms with Crippen LogP contribution in [0, 0.1) is 6.92 Å². The zero-order chi connectivity index (χ0) is 13.3. The largest absolute Gasteiger partial charge is 0.478 e. The number of aryl methyl sites for hydroxylation is 1. The fourth-order valence-corrected chi connectivity index (χ4v) is 1.91. The summed E-state index contributed by atoms with van der Waals surface area (Å²) < 4.78 is 1.60. The number of benzene rings is 1. The molecule has 1 heterocycles. The monoisotopic (exact) mass is 265 g/mol. The van der Waals surface area contributed by atoms with Crippen LogP contribution in [0.15, 0.2) is 24.4 Å². The van der Waals surface area contributed by atoms with Crippen molar-refractivity contribution in [3.8, 4) is 0 Å². The molecule has 0 unspecified atom stereocenters. The van der Waals surface area contributed by atoms with E-state index >= 15 is 0 Å². The molecule has 0 atom stereocenters. The van der Waals surface area contributed by atoms with E-state index in [2.05, 4.69) is 5.10 Å². The van der Waals surface area contributed by atoms with Gasteiger partial charge in [-0.2, -0.15) is 5.10 Å². The molecule has 6 heteroatoms. The lowest BCUT2D eigenvalue weighted by Gasteiger charge is -2.08. The average Bonchev–Trinajstić information content (AvgIpc) is 2.57. The molecule has 0 aliphatic carbocycles. The highest BCUT2D eigenvalue weighted by atomic mass is 35.5. The van der Waals surface area contributed by atoms with E-state index in [-0.39, 0.29) is 11.3 Å². The van der Waals surface area contributed by atoms with Crippen LogP contribution in [-0.2, 0) is 6.54 Å². The molecule has 0 saturated carbocycles. The Bertz CT molecular complexity index is 588. The minimum atomic E-state index is -1.04. The molecule has 0 radical (unpaired) electrons. The Morgan fingerprint density at radius 3 is 2.83 bits per heavy atom. The molecule has 94 valence electrons. The maximum atomic E-state index is 11.2. The van der Waals surface area contributed by atoms with Crippen molar-refractivity contribution < 1.29 is 9.90 Å². The van der Waals surface area contributed by atoms with Crippen molar-refractivity contribution in [2.45, 2.75) is 13.5 Å². The highest BCUT2D eigenvalue weighted by Gasteiger charge is 2.14. The van der Waals surface area contributed by atoms with Crippen LogP contribution in [0.4, 0.5) is 5.69 Å². The van der Waals surface area contributed by atoms with Crippen LogP contribution in [0.2, 0.25) is 5.02 Å². The highest BCUT2D eigenvalue weighted by molar-refractivity contribution is 6.31. The van der Waals surface area contributed by atoms with Crippen LogP contribution in [0.5, 0.6) is 0 Å². The van der Waals surface area contributed by atoms with E-state index < -0.39 is 5.97 Å². The molecule has 18 heavy (non-hydrogen) atoms. The van der Waals surface area contributed by atoms with E-state index in [0.717, 1.165) is 0 Å². The third kappa shape index (κ3) is 2.31. The maximum absolute atomic E-state index is 11.2. The van der Waals surface area contributed by atoms with Crippen molar-refractivity contribution in [2.75, 3.05) is 5.73 Å². The maximum Gasteiger partial charge on any atom is 0.338 e. The first-order valence-electron chi connectivity index (χ1n) is 5.29. The van der Waals surface area contributed by atoms with Gasteiger partial charge in [0.25, 0.3) is 0 Å². The van der Waals surface area contributed by atoms with E-state index in [4.69, 9.17) is 22.4 Å². The lowest BCUT2D eigenvalue weighted by Crippen LogP contribution is -2.10. The van der Waals surface area contributed by atoms with E-state index in [0.29, 0.717) is 22.8 Å². The Morgan fingerprint density at radius 2 is 2.28 bits per heavy atom. The Morgan fingerprint density at radius 1 is 1.56 bits per heavy atom. The van der Waals surface area contributed by atoms with Gasteiger partial charge in [0.15, 0.2) is 0 Å². The summed E-state index contributed by atoms with van der Waals surface area (Å²) >= 11 is 5.90. The van der Waals surface area contributed by atoms with Crippen LogP contribution in [0.1, 0.15) is 21.6 Å². The van der Waals surface area contributed by atoms with Gasteiger partial charge in [-0.15, -0.1) is 0 Å². The van der Waals surface area contributed by atoms with Gasteiger partial charge in [-0.1, -0.05) is 23.7 Å². The molecule has 3 N–H and O–H groups in total. The Labute approximate surface area is 109 Å². The molecular weight excluding hydrogens is 254 g/mol. The SMILES string of the molecule is Cc1nn(Cc2cccc(N)c2C(=O)O)cc1Cl. The molecule has 1 aromatic heterocycles. The number of rotatable bonds is 3. The topological polar surface area (TPSA) is 81.1 Å². The van der Waals surface area contributed by atoms with Crippen LogP contribution >= 0.6 is 11.6 Å². The lowest BCUT2D eigenvalue weighted by molar-refractivity contribution is 0.0696. The molecule has 0 aliphatic rings. The molecular formula is C12H12ClN3O2. The van der Waals surface area contributed by atoms with Gasteiger partial charge >= 0.3 is 5.97 Å². The van der Waals surface area contributed by atoms with Gasteiger partial charge in [-0.3, -0.25) is 4.68 Å². The fraction of sp³-hybridized carbons (Fsp3) is 0.167. The molecule has 5 nitrogen and oxygen atoms in total. The van der Waals surface area contributed by atoms with Crippen LogP contribution in [0.3, 0.4) is 0 Å². The van der Waals surface area contributed by atoms with Crippen LogP contribution < -0.4 is 5.73 Å². The number of aromatic carboxylic acids is 1. The molecule has 0 fully saturated rings. The van der Waals surface area contributed by atoms with Crippen molar-refractivity contribution in [3.05, 3.63) is 46.2 Å². The Kier molecular flexibility index (Phi) is 3.25. The van der Waals surface area contributed by atoms with Gasteiger partial charge in [0.1, 0.15) is 0 Å². The summed E-state index contributed by atoms with van der Waals surface area (Å²) in [6, 6.07) is 4.99. The molecule has 0 saturated heterocycles. The number of anilines is 1. The number of halogens is 1. The number of carboxylic acids is 1. The smallest absolute Gasteiger partial charge is 0.338 e. The normalized spacial score (nSPS) is 10.6. The lowest BCUT2D eigenvalue weighted by atomic mass is 10.1. The van der Waals surface area contributed by atoms with Crippen molar-refractivity contribution in [1.82, 2.24) is 9.78 Å². The number of nitrogens with two attached hydrogens (primary N) is 1. The number of nitrogens with zero attached hydrogens (tertiary/aromatic N) is 2. The summed E-state index contributed by atoms with van der Waals surface area (Å²) in [6.45, 7) is 2.11. The van der Waals surface area contributed by atoms with Gasteiger partial charge < -0.3 is 10.8 Å². The molecule has 0 aliphatic heterocycles. The standard InChI is InChI=1S/C12H12ClN3O2/c1-7-9(13)6-16(15-7)5-8-3-2-4-10(14)11(8)12(17)18/h2-4,6H,5,14H2,1H3,(H,17,18). The fourth-order valence-electron chi connectivity index (χ4n) is 1.76. The van der Waals surface area contributed by atoms with E-state index in [9.17, 15) is 4.79 Å². The van der Waals surface area contributed by atoms with Gasteiger partial charge in [-0.25, -0.2) is 4.79 Å². The number of nitrogen functional groups attached to an aromatic ring is 1. The summed E-state index contributed by atoms with van der Waals surface area (Å²) in [5.41, 5.74) is 7.34. The van der Waals surface area contributed by atoms with Gasteiger partial charge in [0.05, 0.1) is 22.8 Å². The molecule has 2 aromatic rings. The summed E-state index contributed by atoms with van der Waals surface area (Å²) in [4.78, 5) is 11.2. The highest BCUT2D eigenvalue weighted by Crippen LogP contribution is 2.19. The Balaban J connectivity index is 2.40. The minimum Gasteiger partial charge on any atom is -0.478 e. The molecule has 2 rings (SSSR count). The second-order valence-corrected chi connectivity index (χ2v) is 4.35. The van der Waals surface area contributed by atoms with E-state index in [1.807, 2.05) is 0 Å². The predicted molar refractivity (Wildman–Crippen MR) is 68.9 cm³/mol. The summed E-state index contributed by atoms with van der Waals surface area (Å²) in [5.74, 6) is -1.04. The number of hydrogen-bond donors (Lipinski definition) is 2. The van der Waals surface area contributed by atoms with Crippen molar-refractivity contribution in [3.63, 3.8) is 0 Å². The molecule has 0 amide bonds. The molecule has 1 aromatic carbocycles. The molecule has 0 spiro atoms. The zero-order valence-electron chi connectivity index (χ0n) is 9.72. The quantitative estimate of drug-likeness (QED) is 0.834. The number of aromatic nitrogens is 2. The third-order valence-corrected chi connectivity index (χ3v) is 2.99. The van der Waals surface area contributed by atoms with Crippen LogP contribution in [0.25, 0.3) is 0 Å². The summed E-state index contributed by atoms with van der Waals surface area (Å²) in [7, 11) is 0. The van der Waals surface area contributed by atoms with E-state index in [1.165, 1.54) is 0 Å². The minimum absolute atomic E-state index is 0.113. The molecule has 0 bridgehead atoms. The van der Waals surface area contributed by atoms with Crippen molar-refractivity contribution >= 4 is 23.3 Å². The van der Waals surface area contributed by atoms with Gasteiger partial charge in [0, 0.05) is 11.9 Å². The van der Waals surface area contributed by atoms with Crippen LogP contribution in [-0.4, -0.2) is 20.9 Å². The van der Waals surface area contributed by atoms with E-state index in [1.54, 1.807) is 36.0 Å². The predicted octanol–water partition coefficient (Wildman–Crippen LogP) is 2.17. The second-order valence-electron chi connectivity index (χ2n) is 3.95. The first-order chi connectivity index (χ1) is 8.49. The number of carbonyl (C=O) groups is 1. The van der Waals surface area contributed by atoms with Gasteiger partial charge in [0.2, 0.25) is 0 Å². The number of hydrogen-bond acceptors (Lipinski definition) is 3. The third-order valence-electron chi connectivity index (χ3n) is 2.62. The van der Waals surface area contributed by atoms with Crippen molar-refractivity contribution in [2.24, 2.45) is 0 Å². The average molecular weight is 266 g/mol. The summed E-state index contributed by atoms with van der Waals surface area (Å²) in [5, 5.41) is 13.9. The number of carboxylic acid groups (broad SMARTS) is 1. The van der Waals surface area contributed by atoms with Gasteiger partial charge in [-0.05, 0) is 18.6 Å². The zero-order valence-corrected chi connectivity index (χ0v) is 10.5. The summed E-state index contributed by atoms with van der Waals surface area (Å²) in [6.07, 6.45) is 1.66. The Hall–Kier alpha value is -2.01. The second kappa shape index (κ2) is 4.70. The first-order valence-corrected chi connectivity index (χ1v) is 5.67. The first kappa shape index (κ1) is 12.4.